The van der Waals surface area contributed by atoms with Gasteiger partial charge in [-0.2, -0.15) is 0 Å². The lowest BCUT2D eigenvalue weighted by atomic mass is 10.1. The molecule has 2 rings (SSSR count). The van der Waals surface area contributed by atoms with Gasteiger partial charge >= 0.3 is 0 Å². The van der Waals surface area contributed by atoms with Crippen LogP contribution in [0, 0.1) is 6.92 Å². The van der Waals surface area contributed by atoms with Crippen molar-refractivity contribution in [2.45, 2.75) is 29.7 Å². The Kier molecular flexibility index (Phi) is 4.33. The SMILES string of the molecule is Cc1cccc(Sc2ccc(C(C)O)c(Cl)c2)c1. The van der Waals surface area contributed by atoms with Crippen molar-refractivity contribution < 1.29 is 5.11 Å². The molecule has 0 aromatic heterocycles. The third-order valence-electron chi connectivity index (χ3n) is 2.65. The highest BCUT2D eigenvalue weighted by atomic mass is 35.5. The minimum absolute atomic E-state index is 0.532. The minimum atomic E-state index is -0.532. The Morgan fingerprint density at radius 1 is 1.11 bits per heavy atom. The maximum absolute atomic E-state index is 9.53. The lowest BCUT2D eigenvalue weighted by Gasteiger charge is -2.09. The highest BCUT2D eigenvalue weighted by molar-refractivity contribution is 7.99. The molecule has 3 heteroatoms. The van der Waals surface area contributed by atoms with Gasteiger partial charge in [-0.3, -0.25) is 0 Å². The number of aryl methyl sites for hydroxylation is 1. The standard InChI is InChI=1S/C15H15ClOS/c1-10-4-3-5-12(8-10)18-13-6-7-14(11(2)17)15(16)9-13/h3-9,11,17H,1-2H3. The predicted octanol–water partition coefficient (Wildman–Crippen LogP) is 4.85. The molecule has 1 N–H and O–H groups in total. The summed E-state index contributed by atoms with van der Waals surface area (Å²) in [4.78, 5) is 2.27. The number of aliphatic hydroxyl groups excluding tert-OH is 1. The second kappa shape index (κ2) is 5.79. The van der Waals surface area contributed by atoms with Gasteiger partial charge in [0.25, 0.3) is 0 Å². The van der Waals surface area contributed by atoms with Gasteiger partial charge in [0.15, 0.2) is 0 Å². The summed E-state index contributed by atoms with van der Waals surface area (Å²) in [6.45, 7) is 3.79. The molecule has 0 saturated carbocycles. The monoisotopic (exact) mass is 278 g/mol. The largest absolute Gasteiger partial charge is 0.389 e. The van der Waals surface area contributed by atoms with Gasteiger partial charge in [-0.15, -0.1) is 0 Å². The molecule has 18 heavy (non-hydrogen) atoms. The maximum atomic E-state index is 9.53. The molecule has 0 amide bonds. The lowest BCUT2D eigenvalue weighted by molar-refractivity contribution is 0.199. The molecule has 1 unspecified atom stereocenters. The number of aliphatic hydroxyl groups is 1. The van der Waals surface area contributed by atoms with Crippen LogP contribution in [0.15, 0.2) is 52.3 Å². The van der Waals surface area contributed by atoms with E-state index in [0.29, 0.717) is 5.02 Å². The molecular formula is C15H15ClOS. The molecular weight excluding hydrogens is 264 g/mol. The molecule has 0 aliphatic heterocycles. The van der Waals surface area contributed by atoms with Gasteiger partial charge in [0.1, 0.15) is 0 Å². The Hall–Kier alpha value is -0.960. The van der Waals surface area contributed by atoms with Crippen LogP contribution < -0.4 is 0 Å². The van der Waals surface area contributed by atoms with Crippen LogP contribution in [0.4, 0.5) is 0 Å². The number of hydrogen-bond donors (Lipinski definition) is 1. The number of benzene rings is 2. The van der Waals surface area contributed by atoms with E-state index in [0.717, 1.165) is 10.5 Å². The van der Waals surface area contributed by atoms with Crippen LogP contribution in [-0.2, 0) is 0 Å². The first-order valence-electron chi connectivity index (χ1n) is 5.78. The van der Waals surface area contributed by atoms with Crippen LogP contribution in [-0.4, -0.2) is 5.11 Å². The van der Waals surface area contributed by atoms with E-state index in [1.54, 1.807) is 18.7 Å². The summed E-state index contributed by atoms with van der Waals surface area (Å²) < 4.78 is 0. The molecule has 1 atom stereocenters. The molecule has 1 nitrogen and oxygen atoms in total. The maximum Gasteiger partial charge on any atom is 0.0776 e. The highest BCUT2D eigenvalue weighted by Crippen LogP contribution is 2.32. The van der Waals surface area contributed by atoms with E-state index in [4.69, 9.17) is 11.6 Å². The quantitative estimate of drug-likeness (QED) is 0.866. The molecule has 0 bridgehead atoms. The van der Waals surface area contributed by atoms with Crippen LogP contribution in [0.25, 0.3) is 0 Å². The predicted molar refractivity (Wildman–Crippen MR) is 77.4 cm³/mol. The summed E-state index contributed by atoms with van der Waals surface area (Å²) >= 11 is 7.82. The smallest absolute Gasteiger partial charge is 0.0776 e. The zero-order chi connectivity index (χ0) is 13.1. The molecule has 0 saturated heterocycles. The summed E-state index contributed by atoms with van der Waals surface area (Å²) in [7, 11) is 0. The highest BCUT2D eigenvalue weighted by Gasteiger charge is 2.07. The molecule has 0 aliphatic carbocycles. The average molecular weight is 279 g/mol. The van der Waals surface area contributed by atoms with Gasteiger partial charge in [-0.25, -0.2) is 0 Å². The van der Waals surface area contributed by atoms with Crippen molar-refractivity contribution in [2.75, 3.05) is 0 Å². The normalized spacial score (nSPS) is 12.4. The van der Waals surface area contributed by atoms with Gasteiger partial charge in [0.2, 0.25) is 0 Å². The van der Waals surface area contributed by atoms with Gasteiger partial charge in [0, 0.05) is 14.8 Å². The fourth-order valence-corrected chi connectivity index (χ4v) is 3.10. The Balaban J connectivity index is 2.23. The molecule has 0 radical (unpaired) electrons. The second-order valence-electron chi connectivity index (χ2n) is 4.28. The van der Waals surface area contributed by atoms with Crippen LogP contribution in [0.1, 0.15) is 24.2 Å². The van der Waals surface area contributed by atoms with Crippen molar-refractivity contribution in [3.8, 4) is 0 Å². The zero-order valence-corrected chi connectivity index (χ0v) is 11.9. The summed E-state index contributed by atoms with van der Waals surface area (Å²) in [5, 5.41) is 10.1. The number of rotatable bonds is 3. The van der Waals surface area contributed by atoms with E-state index < -0.39 is 6.10 Å². The van der Waals surface area contributed by atoms with E-state index in [1.165, 1.54) is 10.5 Å². The minimum Gasteiger partial charge on any atom is -0.389 e. The van der Waals surface area contributed by atoms with Crippen molar-refractivity contribution >= 4 is 23.4 Å². The molecule has 0 aliphatic rings. The Labute approximate surface area is 117 Å². The first-order valence-corrected chi connectivity index (χ1v) is 6.98. The van der Waals surface area contributed by atoms with Gasteiger partial charge < -0.3 is 5.11 Å². The van der Waals surface area contributed by atoms with Crippen molar-refractivity contribution in [1.29, 1.82) is 0 Å². The molecule has 0 spiro atoms. The van der Waals surface area contributed by atoms with E-state index in [9.17, 15) is 5.11 Å². The van der Waals surface area contributed by atoms with Crippen molar-refractivity contribution in [3.05, 3.63) is 58.6 Å². The summed E-state index contributed by atoms with van der Waals surface area (Å²) in [6, 6.07) is 14.1. The van der Waals surface area contributed by atoms with E-state index in [1.807, 2.05) is 24.3 Å². The third kappa shape index (κ3) is 3.29. The van der Waals surface area contributed by atoms with Crippen molar-refractivity contribution in [3.63, 3.8) is 0 Å². The molecule has 94 valence electrons. The Bertz CT molecular complexity index is 552. The van der Waals surface area contributed by atoms with E-state index in [2.05, 4.69) is 25.1 Å². The molecule has 2 aromatic rings. The number of halogens is 1. The van der Waals surface area contributed by atoms with Crippen molar-refractivity contribution in [1.82, 2.24) is 0 Å². The summed E-state index contributed by atoms with van der Waals surface area (Å²) in [5.74, 6) is 0. The van der Waals surface area contributed by atoms with Gasteiger partial charge in [-0.1, -0.05) is 47.1 Å². The van der Waals surface area contributed by atoms with Crippen LogP contribution >= 0.6 is 23.4 Å². The average Bonchev–Trinajstić information content (AvgIpc) is 2.28. The zero-order valence-electron chi connectivity index (χ0n) is 10.4. The van der Waals surface area contributed by atoms with Crippen LogP contribution in [0.2, 0.25) is 5.02 Å². The van der Waals surface area contributed by atoms with Crippen LogP contribution in [0.3, 0.4) is 0 Å². The Morgan fingerprint density at radius 2 is 1.83 bits per heavy atom. The first kappa shape index (κ1) is 13.5. The van der Waals surface area contributed by atoms with Crippen molar-refractivity contribution in [2.24, 2.45) is 0 Å². The first-order chi connectivity index (χ1) is 8.56. The molecule has 2 aromatic carbocycles. The number of hydrogen-bond acceptors (Lipinski definition) is 2. The lowest BCUT2D eigenvalue weighted by Crippen LogP contribution is -1.91. The topological polar surface area (TPSA) is 20.2 Å². The fraction of sp³-hybridized carbons (Fsp3) is 0.200. The van der Waals surface area contributed by atoms with Gasteiger partial charge in [-0.05, 0) is 43.7 Å². The summed E-state index contributed by atoms with van der Waals surface area (Å²) in [6.07, 6.45) is -0.532. The van der Waals surface area contributed by atoms with E-state index in [-0.39, 0.29) is 0 Å². The molecule has 0 heterocycles. The second-order valence-corrected chi connectivity index (χ2v) is 5.83. The van der Waals surface area contributed by atoms with E-state index >= 15 is 0 Å². The Morgan fingerprint density at radius 3 is 2.44 bits per heavy atom. The van der Waals surface area contributed by atoms with Gasteiger partial charge in [0.05, 0.1) is 6.10 Å². The van der Waals surface area contributed by atoms with Crippen LogP contribution in [0.5, 0.6) is 0 Å². The fourth-order valence-electron chi connectivity index (χ4n) is 1.73. The molecule has 0 fully saturated rings. The summed E-state index contributed by atoms with van der Waals surface area (Å²) in [5.41, 5.74) is 2.01. The third-order valence-corrected chi connectivity index (χ3v) is 3.95.